The molecule has 1 saturated heterocycles. The largest absolute Gasteiger partial charge is 0.494 e. The van der Waals surface area contributed by atoms with Crippen LogP contribution in [0.4, 0.5) is 5.95 Å². The second kappa shape index (κ2) is 3.20. The molecule has 0 aromatic carbocycles. The molecule has 4 heteroatoms. The summed E-state index contributed by atoms with van der Waals surface area (Å²) in [5.74, 6) is 2.28. The van der Waals surface area contributed by atoms with Gasteiger partial charge in [0.05, 0.1) is 19.5 Å². The lowest BCUT2D eigenvalue weighted by Crippen LogP contribution is -2.46. The van der Waals surface area contributed by atoms with Gasteiger partial charge in [0, 0.05) is 13.1 Å². The molecule has 4 nitrogen and oxygen atoms in total. The van der Waals surface area contributed by atoms with Crippen LogP contribution >= 0.6 is 0 Å². The molecule has 0 aliphatic carbocycles. The van der Waals surface area contributed by atoms with Gasteiger partial charge in [0.25, 0.3) is 0 Å². The first kappa shape index (κ1) is 8.29. The highest BCUT2D eigenvalue weighted by atomic mass is 16.5. The summed E-state index contributed by atoms with van der Waals surface area (Å²) >= 11 is 0. The lowest BCUT2D eigenvalue weighted by Gasteiger charge is -2.36. The van der Waals surface area contributed by atoms with E-state index in [0.717, 1.165) is 25.0 Å². The number of rotatable bonds is 2. The topological polar surface area (TPSA) is 38.2 Å². The van der Waals surface area contributed by atoms with E-state index in [1.807, 2.05) is 0 Å². The molecule has 0 atom stereocenters. The molecule has 13 heavy (non-hydrogen) atoms. The number of nitrogens with zero attached hydrogens (tertiary/aromatic N) is 3. The molecule has 0 bridgehead atoms. The van der Waals surface area contributed by atoms with Gasteiger partial charge < -0.3 is 9.64 Å². The Morgan fingerprint density at radius 3 is 2.46 bits per heavy atom. The number of hydrogen-bond donors (Lipinski definition) is 0. The van der Waals surface area contributed by atoms with E-state index in [1.165, 1.54) is 0 Å². The molecule has 0 radical (unpaired) electrons. The average Bonchev–Trinajstić information content (AvgIpc) is 2.13. The average molecular weight is 179 g/mol. The van der Waals surface area contributed by atoms with Gasteiger partial charge in [-0.1, -0.05) is 6.92 Å². The van der Waals surface area contributed by atoms with E-state index < -0.39 is 0 Å². The Morgan fingerprint density at radius 2 is 2.00 bits per heavy atom. The monoisotopic (exact) mass is 179 g/mol. The van der Waals surface area contributed by atoms with Gasteiger partial charge in [-0.15, -0.1) is 0 Å². The zero-order valence-electron chi connectivity index (χ0n) is 7.90. The summed E-state index contributed by atoms with van der Waals surface area (Å²) in [6.45, 7) is 4.35. The predicted octanol–water partition coefficient (Wildman–Crippen LogP) is 0.941. The maximum atomic E-state index is 4.98. The van der Waals surface area contributed by atoms with Gasteiger partial charge in [0.15, 0.2) is 5.75 Å². The van der Waals surface area contributed by atoms with Crippen LogP contribution in [-0.4, -0.2) is 30.2 Å². The zero-order chi connectivity index (χ0) is 9.26. The van der Waals surface area contributed by atoms with E-state index >= 15 is 0 Å². The molecule has 2 rings (SSSR count). The van der Waals surface area contributed by atoms with Crippen molar-refractivity contribution < 1.29 is 4.74 Å². The van der Waals surface area contributed by atoms with Crippen LogP contribution in [0, 0.1) is 5.92 Å². The van der Waals surface area contributed by atoms with Crippen LogP contribution in [0.25, 0.3) is 0 Å². The number of aromatic nitrogens is 2. The van der Waals surface area contributed by atoms with Gasteiger partial charge in [-0.25, -0.2) is 9.97 Å². The molecule has 0 spiro atoms. The third-order valence-corrected chi connectivity index (χ3v) is 2.20. The van der Waals surface area contributed by atoms with Crippen LogP contribution in [0.5, 0.6) is 5.75 Å². The summed E-state index contributed by atoms with van der Waals surface area (Å²) in [5, 5.41) is 0. The minimum absolute atomic E-state index is 0.706. The summed E-state index contributed by atoms with van der Waals surface area (Å²) in [6.07, 6.45) is 3.40. The van der Waals surface area contributed by atoms with Gasteiger partial charge in [-0.3, -0.25) is 0 Å². The smallest absolute Gasteiger partial charge is 0.225 e. The van der Waals surface area contributed by atoms with Crippen molar-refractivity contribution in [3.05, 3.63) is 12.4 Å². The van der Waals surface area contributed by atoms with E-state index in [4.69, 9.17) is 4.74 Å². The first-order chi connectivity index (χ1) is 6.29. The highest BCUT2D eigenvalue weighted by Gasteiger charge is 2.24. The van der Waals surface area contributed by atoms with Crippen molar-refractivity contribution in [2.24, 2.45) is 5.92 Å². The summed E-state index contributed by atoms with van der Waals surface area (Å²) in [6, 6.07) is 0. The summed E-state index contributed by atoms with van der Waals surface area (Å²) in [4.78, 5) is 10.5. The number of methoxy groups -OCH3 is 1. The standard InChI is InChI=1S/C9H13N3O/c1-7-5-12(6-7)9-10-3-8(13-2)4-11-9/h3-4,7H,5-6H2,1-2H3. The van der Waals surface area contributed by atoms with Crippen molar-refractivity contribution in [2.75, 3.05) is 25.1 Å². The molecule has 0 saturated carbocycles. The van der Waals surface area contributed by atoms with E-state index in [2.05, 4.69) is 21.8 Å². The molecule has 2 heterocycles. The maximum Gasteiger partial charge on any atom is 0.225 e. The first-order valence-electron chi connectivity index (χ1n) is 4.40. The van der Waals surface area contributed by atoms with E-state index in [1.54, 1.807) is 19.5 Å². The van der Waals surface area contributed by atoms with E-state index in [0.29, 0.717) is 5.75 Å². The van der Waals surface area contributed by atoms with Gasteiger partial charge in [0.1, 0.15) is 0 Å². The van der Waals surface area contributed by atoms with Gasteiger partial charge in [-0.2, -0.15) is 0 Å². The van der Waals surface area contributed by atoms with Crippen molar-refractivity contribution in [3.8, 4) is 5.75 Å². The molecule has 0 N–H and O–H groups in total. The van der Waals surface area contributed by atoms with Crippen LogP contribution in [-0.2, 0) is 0 Å². The number of anilines is 1. The normalized spacial score (nSPS) is 16.9. The Kier molecular flexibility index (Phi) is 2.04. The lowest BCUT2D eigenvalue weighted by molar-refractivity contribution is 0.407. The molecule has 1 aromatic heterocycles. The molecule has 1 aliphatic heterocycles. The molecule has 1 aromatic rings. The summed E-state index contributed by atoms with van der Waals surface area (Å²) < 4.78 is 4.98. The Balaban J connectivity index is 2.06. The number of ether oxygens (including phenoxy) is 1. The van der Waals surface area contributed by atoms with E-state index in [-0.39, 0.29) is 0 Å². The highest BCUT2D eigenvalue weighted by Crippen LogP contribution is 2.20. The Morgan fingerprint density at radius 1 is 1.38 bits per heavy atom. The molecule has 1 aliphatic rings. The van der Waals surface area contributed by atoms with Crippen LogP contribution < -0.4 is 9.64 Å². The van der Waals surface area contributed by atoms with Crippen molar-refractivity contribution in [3.63, 3.8) is 0 Å². The third-order valence-electron chi connectivity index (χ3n) is 2.20. The zero-order valence-corrected chi connectivity index (χ0v) is 7.90. The van der Waals surface area contributed by atoms with Crippen LogP contribution in [0.3, 0.4) is 0 Å². The van der Waals surface area contributed by atoms with Gasteiger partial charge >= 0.3 is 0 Å². The highest BCUT2D eigenvalue weighted by molar-refractivity contribution is 5.34. The molecule has 1 fully saturated rings. The fourth-order valence-electron chi connectivity index (χ4n) is 1.44. The predicted molar refractivity (Wildman–Crippen MR) is 50.0 cm³/mol. The fourth-order valence-corrected chi connectivity index (χ4v) is 1.44. The van der Waals surface area contributed by atoms with Crippen molar-refractivity contribution >= 4 is 5.95 Å². The molecule has 0 amide bonds. The van der Waals surface area contributed by atoms with E-state index in [9.17, 15) is 0 Å². The van der Waals surface area contributed by atoms with Gasteiger partial charge in [0.2, 0.25) is 5.95 Å². The van der Waals surface area contributed by atoms with Crippen LogP contribution in [0.1, 0.15) is 6.92 Å². The summed E-state index contributed by atoms with van der Waals surface area (Å²) in [5.41, 5.74) is 0. The molecular weight excluding hydrogens is 166 g/mol. The Bertz CT molecular complexity index is 279. The SMILES string of the molecule is COc1cnc(N2CC(C)C2)nc1. The summed E-state index contributed by atoms with van der Waals surface area (Å²) in [7, 11) is 1.62. The molecular formula is C9H13N3O. The quantitative estimate of drug-likeness (QED) is 0.677. The third kappa shape index (κ3) is 1.56. The maximum absolute atomic E-state index is 4.98. The molecule has 70 valence electrons. The Labute approximate surface area is 77.6 Å². The second-order valence-electron chi connectivity index (χ2n) is 3.43. The minimum atomic E-state index is 0.706. The van der Waals surface area contributed by atoms with Crippen LogP contribution in [0.2, 0.25) is 0 Å². The first-order valence-corrected chi connectivity index (χ1v) is 4.40. The van der Waals surface area contributed by atoms with Crippen molar-refractivity contribution in [1.29, 1.82) is 0 Å². The molecule has 0 unspecified atom stereocenters. The fraction of sp³-hybridized carbons (Fsp3) is 0.556. The number of hydrogen-bond acceptors (Lipinski definition) is 4. The Hall–Kier alpha value is -1.32. The van der Waals surface area contributed by atoms with Gasteiger partial charge in [-0.05, 0) is 5.92 Å². The van der Waals surface area contributed by atoms with Crippen molar-refractivity contribution in [2.45, 2.75) is 6.92 Å². The minimum Gasteiger partial charge on any atom is -0.494 e. The lowest BCUT2D eigenvalue weighted by atomic mass is 10.0. The van der Waals surface area contributed by atoms with Crippen molar-refractivity contribution in [1.82, 2.24) is 9.97 Å². The second-order valence-corrected chi connectivity index (χ2v) is 3.43. The van der Waals surface area contributed by atoms with Crippen LogP contribution in [0.15, 0.2) is 12.4 Å².